The van der Waals surface area contributed by atoms with E-state index in [1.165, 1.54) is 12.0 Å². The number of aliphatic hydroxyl groups excluding tert-OH is 1. The van der Waals surface area contributed by atoms with E-state index in [9.17, 15) is 23.1 Å². The Kier molecular flexibility index (Phi) is 8.72. The number of nitrogens with zero attached hydrogens (tertiary/aromatic N) is 1. The van der Waals surface area contributed by atoms with Crippen LogP contribution in [0.2, 0.25) is 10.0 Å². The van der Waals surface area contributed by atoms with Gasteiger partial charge in [0.2, 0.25) is 5.91 Å². The van der Waals surface area contributed by atoms with Crippen molar-refractivity contribution in [2.75, 3.05) is 13.7 Å². The Morgan fingerprint density at radius 1 is 1.25 bits per heavy atom. The number of amides is 1. The first-order valence-corrected chi connectivity index (χ1v) is 11.7. The third-order valence-electron chi connectivity index (χ3n) is 6.58. The number of hydrogen-bond donors (Lipinski definition) is 2. The Hall–Kier alpha value is -1.06. The lowest BCUT2D eigenvalue weighted by molar-refractivity contribution is -0.212. The quantitative estimate of drug-likeness (QED) is 0.381. The maximum Gasteiger partial charge on any atom is 0.404 e. The lowest BCUT2D eigenvalue weighted by atomic mass is 9.82. The Balaban J connectivity index is 1.68. The molecule has 1 aliphatic carbocycles. The predicted octanol–water partition coefficient (Wildman–Crippen LogP) is 4.78. The highest BCUT2D eigenvalue weighted by Gasteiger charge is 2.53. The predicted molar refractivity (Wildman–Crippen MR) is 116 cm³/mol. The van der Waals surface area contributed by atoms with Crippen LogP contribution in [0.3, 0.4) is 0 Å². The number of benzene rings is 1. The second kappa shape index (κ2) is 10.9. The molecule has 0 radical (unpaired) electrons. The van der Waals surface area contributed by atoms with Gasteiger partial charge in [-0.05, 0) is 55.4 Å². The molecule has 10 heteroatoms. The summed E-state index contributed by atoms with van der Waals surface area (Å²) in [5.41, 5.74) is 0.776. The molecule has 2 fully saturated rings. The van der Waals surface area contributed by atoms with E-state index in [1.807, 2.05) is 0 Å². The lowest BCUT2D eigenvalue weighted by Crippen LogP contribution is -2.71. The van der Waals surface area contributed by atoms with Crippen LogP contribution in [0.5, 0.6) is 0 Å². The average molecular weight is 497 g/mol. The summed E-state index contributed by atoms with van der Waals surface area (Å²) < 4.78 is 46.7. The van der Waals surface area contributed by atoms with Gasteiger partial charge in [-0.2, -0.15) is 13.2 Å². The number of carbonyl (C=O) groups excluding carboxylic acids is 1. The summed E-state index contributed by atoms with van der Waals surface area (Å²) in [6.07, 6.45) is -1.48. The molecule has 1 aromatic rings. The highest BCUT2D eigenvalue weighted by molar-refractivity contribution is 6.33. The smallest absolute Gasteiger partial charge is 0.394 e. The highest BCUT2D eigenvalue weighted by Crippen LogP contribution is 2.37. The highest BCUT2D eigenvalue weighted by atomic mass is 35.5. The number of ether oxygens (including phenoxy) is 1. The average Bonchev–Trinajstić information content (AvgIpc) is 2.76. The van der Waals surface area contributed by atoms with Crippen LogP contribution >= 0.6 is 23.2 Å². The molecule has 1 saturated carbocycles. The molecule has 1 amide bonds. The van der Waals surface area contributed by atoms with Crippen LogP contribution < -0.4 is 5.32 Å². The molecule has 1 saturated heterocycles. The third-order valence-corrected chi connectivity index (χ3v) is 7.19. The number of carbonyl (C=O) groups is 1. The first-order chi connectivity index (χ1) is 15.2. The van der Waals surface area contributed by atoms with Gasteiger partial charge in [0.15, 0.2) is 6.35 Å². The first kappa shape index (κ1) is 25.6. The van der Waals surface area contributed by atoms with Crippen LogP contribution in [0.1, 0.15) is 44.1 Å². The summed E-state index contributed by atoms with van der Waals surface area (Å²) >= 11 is 12.2. The summed E-state index contributed by atoms with van der Waals surface area (Å²) in [5.74, 6) is -1.45. The van der Waals surface area contributed by atoms with Crippen LogP contribution in [0.4, 0.5) is 13.2 Å². The van der Waals surface area contributed by atoms with Crippen molar-refractivity contribution in [3.63, 3.8) is 0 Å². The molecule has 32 heavy (non-hydrogen) atoms. The summed E-state index contributed by atoms with van der Waals surface area (Å²) in [6.45, 7) is -0.374. The molecule has 5 nitrogen and oxygen atoms in total. The topological polar surface area (TPSA) is 61.8 Å². The SMILES string of the molecule is COC(NC(C1CCCCC1)C(F)(F)F)N1C(=O)[C@H](CCc2cc(Cl)ccc2Cl)C1CO. The molecule has 1 aliphatic heterocycles. The molecule has 1 aromatic carbocycles. The van der Waals surface area contributed by atoms with Gasteiger partial charge in [-0.3, -0.25) is 15.0 Å². The normalized spacial score (nSPS) is 24.3. The maximum atomic E-state index is 13.8. The minimum atomic E-state index is -4.47. The van der Waals surface area contributed by atoms with Gasteiger partial charge in [0.1, 0.15) is 6.04 Å². The molecule has 3 rings (SSSR count). The fraction of sp³-hybridized carbons (Fsp3) is 0.682. The summed E-state index contributed by atoms with van der Waals surface area (Å²) in [5, 5.41) is 13.5. The molecule has 4 atom stereocenters. The molecule has 2 N–H and O–H groups in total. The number of methoxy groups -OCH3 is 1. The summed E-state index contributed by atoms with van der Waals surface area (Å²) in [6, 6.07) is 2.64. The largest absolute Gasteiger partial charge is 0.404 e. The Morgan fingerprint density at radius 3 is 2.53 bits per heavy atom. The molecule has 2 aliphatic rings. The van der Waals surface area contributed by atoms with E-state index in [4.69, 9.17) is 27.9 Å². The molecular formula is C22H29Cl2F3N2O3. The second-order valence-electron chi connectivity index (χ2n) is 8.55. The lowest BCUT2D eigenvalue weighted by Gasteiger charge is -2.51. The van der Waals surface area contributed by atoms with Crippen LogP contribution in [0, 0.1) is 11.8 Å². The number of aryl methyl sites for hydroxylation is 1. The van der Waals surface area contributed by atoms with E-state index >= 15 is 0 Å². The van der Waals surface area contributed by atoms with E-state index < -0.39 is 36.4 Å². The number of likely N-dealkylation sites (tertiary alicyclic amines) is 1. The van der Waals surface area contributed by atoms with Crippen molar-refractivity contribution < 1.29 is 27.8 Å². The molecule has 3 unspecified atom stereocenters. The number of nitrogens with one attached hydrogen (secondary N) is 1. The van der Waals surface area contributed by atoms with Gasteiger partial charge in [0, 0.05) is 17.2 Å². The molecule has 0 spiro atoms. The molecule has 0 aromatic heterocycles. The zero-order chi connectivity index (χ0) is 23.5. The van der Waals surface area contributed by atoms with Gasteiger partial charge >= 0.3 is 6.18 Å². The van der Waals surface area contributed by atoms with Crippen LogP contribution in [0.25, 0.3) is 0 Å². The summed E-state index contributed by atoms with van der Waals surface area (Å²) in [4.78, 5) is 14.1. The van der Waals surface area contributed by atoms with E-state index in [0.717, 1.165) is 24.8 Å². The number of halogens is 5. The van der Waals surface area contributed by atoms with Gasteiger partial charge in [-0.25, -0.2) is 0 Å². The maximum absolute atomic E-state index is 13.8. The minimum Gasteiger partial charge on any atom is -0.394 e. The van der Waals surface area contributed by atoms with Gasteiger partial charge in [0.25, 0.3) is 0 Å². The van der Waals surface area contributed by atoms with Gasteiger partial charge in [-0.15, -0.1) is 0 Å². The standard InChI is InChI=1S/C22H29Cl2F3N2O3/c1-32-21(28-19(22(25,26)27)13-5-3-2-4-6-13)29-18(12-30)16(20(29)31)9-7-14-11-15(23)8-10-17(14)24/h8,10-11,13,16,18-19,21,28,30H,2-7,9,12H2,1H3/t16-,18?,19?,21?/m1/s1. The first-order valence-electron chi connectivity index (χ1n) is 10.9. The van der Waals surface area contributed by atoms with E-state index in [2.05, 4.69) is 5.32 Å². The fourth-order valence-corrected chi connectivity index (χ4v) is 5.29. The van der Waals surface area contributed by atoms with Crippen molar-refractivity contribution in [1.29, 1.82) is 0 Å². The number of aliphatic hydroxyl groups is 1. The Labute approximate surface area is 196 Å². The van der Waals surface area contributed by atoms with Crippen molar-refractivity contribution in [2.24, 2.45) is 11.8 Å². The van der Waals surface area contributed by atoms with Crippen LogP contribution in [-0.2, 0) is 16.0 Å². The molecule has 180 valence electrons. The molecule has 1 heterocycles. The Bertz CT molecular complexity index is 790. The van der Waals surface area contributed by atoms with E-state index in [1.54, 1.807) is 18.2 Å². The van der Waals surface area contributed by atoms with Crippen molar-refractivity contribution in [3.05, 3.63) is 33.8 Å². The number of rotatable bonds is 9. The number of alkyl halides is 3. The molecular weight excluding hydrogens is 468 g/mol. The Morgan fingerprint density at radius 2 is 1.94 bits per heavy atom. The van der Waals surface area contributed by atoms with E-state index in [-0.39, 0.29) is 12.5 Å². The second-order valence-corrected chi connectivity index (χ2v) is 9.39. The third kappa shape index (κ3) is 5.70. The zero-order valence-electron chi connectivity index (χ0n) is 17.9. The van der Waals surface area contributed by atoms with Crippen molar-refractivity contribution in [2.45, 2.75) is 69.6 Å². The fourth-order valence-electron chi connectivity index (χ4n) is 4.88. The number of hydrogen-bond acceptors (Lipinski definition) is 4. The minimum absolute atomic E-state index is 0.355. The van der Waals surface area contributed by atoms with Gasteiger partial charge < -0.3 is 9.84 Å². The van der Waals surface area contributed by atoms with Gasteiger partial charge in [0.05, 0.1) is 18.6 Å². The summed E-state index contributed by atoms with van der Waals surface area (Å²) in [7, 11) is 1.26. The zero-order valence-corrected chi connectivity index (χ0v) is 19.4. The van der Waals surface area contributed by atoms with Crippen molar-refractivity contribution in [1.82, 2.24) is 10.2 Å². The van der Waals surface area contributed by atoms with Crippen molar-refractivity contribution >= 4 is 29.1 Å². The van der Waals surface area contributed by atoms with Crippen LogP contribution in [-0.4, -0.2) is 54.2 Å². The molecule has 0 bridgehead atoms. The number of β-lactam (4-membered cyclic amide) rings is 1. The van der Waals surface area contributed by atoms with E-state index in [0.29, 0.717) is 35.7 Å². The van der Waals surface area contributed by atoms with Gasteiger partial charge in [-0.1, -0.05) is 42.5 Å². The monoisotopic (exact) mass is 496 g/mol. The van der Waals surface area contributed by atoms with Crippen molar-refractivity contribution in [3.8, 4) is 0 Å². The van der Waals surface area contributed by atoms with Crippen LogP contribution in [0.15, 0.2) is 18.2 Å².